The van der Waals surface area contributed by atoms with Crippen LogP contribution in [0.1, 0.15) is 412 Å². The third-order valence-corrected chi connectivity index (χ3v) is 17.2. The first-order valence-electron chi connectivity index (χ1n) is 36.6. The second-order valence-electron chi connectivity index (χ2n) is 25.3. The molecule has 0 aliphatic rings. The molecule has 0 fully saturated rings. The molecular formula is C74H143NO5. The molecule has 0 rings (SSSR count). The van der Waals surface area contributed by atoms with Crippen molar-refractivity contribution in [2.24, 2.45) is 0 Å². The van der Waals surface area contributed by atoms with Crippen molar-refractivity contribution in [3.8, 4) is 0 Å². The van der Waals surface area contributed by atoms with Crippen LogP contribution in [0.4, 0.5) is 0 Å². The standard InChI is InChI=1S/C74H143NO5/c1-3-5-7-9-11-13-15-43-47-50-54-58-62-66-72(77)71(70-76)75-73(78)67-63-59-55-51-48-44-41-39-37-35-33-31-29-27-25-23-21-19-17-16-18-20-22-24-26-28-30-32-34-36-38-40-42-45-49-53-57-61-65-69-80-74(79)68-64-60-56-52-46-14-12-10-8-6-4-2/h16-17,62,66,71-72,76-77H,3-15,18-61,63-65,67-70H2,1-2H3,(H,75,78)/b17-16-,66-62+. The zero-order valence-corrected chi connectivity index (χ0v) is 54.3. The number of hydrogen-bond acceptors (Lipinski definition) is 5. The Kier molecular flexibility index (Phi) is 68.4. The second-order valence-corrected chi connectivity index (χ2v) is 25.3. The maximum atomic E-state index is 12.5. The summed E-state index contributed by atoms with van der Waals surface area (Å²) in [6, 6.07) is -0.623. The molecule has 0 bridgehead atoms. The largest absolute Gasteiger partial charge is 0.466 e. The van der Waals surface area contributed by atoms with Crippen LogP contribution in [0.15, 0.2) is 24.3 Å². The first-order chi connectivity index (χ1) is 39.5. The number of unbranched alkanes of at least 4 members (excludes halogenated alkanes) is 56. The highest BCUT2D eigenvalue weighted by molar-refractivity contribution is 5.76. The lowest BCUT2D eigenvalue weighted by molar-refractivity contribution is -0.143. The van der Waals surface area contributed by atoms with Crippen LogP contribution >= 0.6 is 0 Å². The molecule has 0 aromatic rings. The molecule has 6 nitrogen and oxygen atoms in total. The molecule has 0 aromatic heterocycles. The van der Waals surface area contributed by atoms with Crippen LogP contribution in [-0.2, 0) is 14.3 Å². The molecule has 0 spiro atoms. The lowest BCUT2D eigenvalue weighted by Crippen LogP contribution is -2.45. The summed E-state index contributed by atoms with van der Waals surface area (Å²) in [6.07, 6.45) is 88.6. The number of ether oxygens (including phenoxy) is 1. The Labute approximate surface area is 501 Å². The fraction of sp³-hybridized carbons (Fsp3) is 0.919. The topological polar surface area (TPSA) is 95.9 Å². The molecule has 3 N–H and O–H groups in total. The fourth-order valence-corrected chi connectivity index (χ4v) is 11.6. The van der Waals surface area contributed by atoms with Gasteiger partial charge >= 0.3 is 5.97 Å². The lowest BCUT2D eigenvalue weighted by atomic mass is 10.0. The molecule has 474 valence electrons. The van der Waals surface area contributed by atoms with E-state index < -0.39 is 12.1 Å². The quantitative estimate of drug-likeness (QED) is 0.0320. The molecule has 0 saturated carbocycles. The maximum absolute atomic E-state index is 12.5. The molecule has 2 atom stereocenters. The summed E-state index contributed by atoms with van der Waals surface area (Å²) in [5.41, 5.74) is 0. The van der Waals surface area contributed by atoms with Crippen molar-refractivity contribution >= 4 is 11.9 Å². The average Bonchev–Trinajstić information content (AvgIpc) is 3.46. The number of carbonyl (C=O) groups excluding carboxylic acids is 2. The number of esters is 1. The smallest absolute Gasteiger partial charge is 0.305 e. The summed E-state index contributed by atoms with van der Waals surface area (Å²) in [5, 5.41) is 23.1. The highest BCUT2D eigenvalue weighted by atomic mass is 16.5. The number of hydrogen-bond donors (Lipinski definition) is 3. The molecule has 0 heterocycles. The van der Waals surface area contributed by atoms with Crippen molar-refractivity contribution in [2.45, 2.75) is 424 Å². The van der Waals surface area contributed by atoms with E-state index >= 15 is 0 Å². The van der Waals surface area contributed by atoms with Gasteiger partial charge in [0.1, 0.15) is 0 Å². The van der Waals surface area contributed by atoms with Crippen LogP contribution in [0.25, 0.3) is 0 Å². The summed E-state index contributed by atoms with van der Waals surface area (Å²) in [5.74, 6) is -0.0394. The first-order valence-corrected chi connectivity index (χ1v) is 36.6. The van der Waals surface area contributed by atoms with Gasteiger partial charge in [-0.3, -0.25) is 9.59 Å². The Morgan fingerprint density at radius 2 is 0.588 bits per heavy atom. The van der Waals surface area contributed by atoms with Gasteiger partial charge in [-0.25, -0.2) is 0 Å². The van der Waals surface area contributed by atoms with Crippen LogP contribution in [0.3, 0.4) is 0 Å². The Balaban J connectivity index is 3.32. The van der Waals surface area contributed by atoms with Gasteiger partial charge in [0.2, 0.25) is 5.91 Å². The first kappa shape index (κ1) is 78.3. The molecular weight excluding hydrogens is 983 g/mol. The van der Waals surface area contributed by atoms with E-state index in [1.54, 1.807) is 6.08 Å². The van der Waals surface area contributed by atoms with Crippen molar-refractivity contribution in [1.29, 1.82) is 0 Å². The van der Waals surface area contributed by atoms with Gasteiger partial charge in [0.05, 0.1) is 25.4 Å². The van der Waals surface area contributed by atoms with Gasteiger partial charge in [0.25, 0.3) is 0 Å². The Morgan fingerprint density at radius 1 is 0.338 bits per heavy atom. The van der Waals surface area contributed by atoms with E-state index in [1.807, 2.05) is 6.08 Å². The maximum Gasteiger partial charge on any atom is 0.305 e. The Hall–Kier alpha value is -1.66. The number of aliphatic hydroxyl groups is 2. The summed E-state index contributed by atoms with van der Waals surface area (Å²) < 4.78 is 5.48. The van der Waals surface area contributed by atoms with E-state index in [4.69, 9.17) is 4.74 Å². The Morgan fingerprint density at radius 3 is 0.887 bits per heavy atom. The zero-order valence-electron chi connectivity index (χ0n) is 54.3. The van der Waals surface area contributed by atoms with E-state index in [2.05, 4.69) is 31.3 Å². The molecule has 80 heavy (non-hydrogen) atoms. The highest BCUT2D eigenvalue weighted by Gasteiger charge is 2.18. The molecule has 0 aliphatic heterocycles. The molecule has 0 aliphatic carbocycles. The summed E-state index contributed by atoms with van der Waals surface area (Å²) in [6.45, 7) is 4.93. The van der Waals surface area contributed by atoms with Gasteiger partial charge in [0.15, 0.2) is 0 Å². The van der Waals surface area contributed by atoms with Crippen molar-refractivity contribution in [3.05, 3.63) is 24.3 Å². The minimum absolute atomic E-state index is 0.0225. The van der Waals surface area contributed by atoms with Gasteiger partial charge in [-0.1, -0.05) is 366 Å². The molecule has 0 saturated heterocycles. The van der Waals surface area contributed by atoms with Crippen LogP contribution < -0.4 is 5.32 Å². The second kappa shape index (κ2) is 69.8. The predicted octanol–water partition coefficient (Wildman–Crippen LogP) is 23.7. The number of allylic oxidation sites excluding steroid dienone is 3. The van der Waals surface area contributed by atoms with E-state index in [1.165, 1.54) is 347 Å². The van der Waals surface area contributed by atoms with Crippen molar-refractivity contribution in [2.75, 3.05) is 13.2 Å². The number of rotatable bonds is 69. The van der Waals surface area contributed by atoms with Crippen LogP contribution in [0.2, 0.25) is 0 Å². The van der Waals surface area contributed by atoms with E-state index in [0.717, 1.165) is 38.5 Å². The van der Waals surface area contributed by atoms with Gasteiger partial charge in [-0.15, -0.1) is 0 Å². The van der Waals surface area contributed by atoms with Crippen LogP contribution in [0, 0.1) is 0 Å². The van der Waals surface area contributed by atoms with E-state index in [0.29, 0.717) is 19.4 Å². The molecule has 2 unspecified atom stereocenters. The fourth-order valence-electron chi connectivity index (χ4n) is 11.6. The highest BCUT2D eigenvalue weighted by Crippen LogP contribution is 2.19. The molecule has 1 amide bonds. The van der Waals surface area contributed by atoms with Crippen LogP contribution in [-0.4, -0.2) is 47.4 Å². The summed E-state index contributed by atoms with van der Waals surface area (Å²) >= 11 is 0. The molecule has 6 heteroatoms. The molecule has 0 radical (unpaired) electrons. The minimum atomic E-state index is -0.840. The van der Waals surface area contributed by atoms with Crippen molar-refractivity contribution in [1.82, 2.24) is 5.32 Å². The van der Waals surface area contributed by atoms with Crippen LogP contribution in [0.5, 0.6) is 0 Å². The third-order valence-electron chi connectivity index (χ3n) is 17.2. The molecule has 0 aromatic carbocycles. The SMILES string of the molecule is CCCCCCCCCCCCC/C=C/C(O)C(CO)NC(=O)CCCCCCCCCCCCCCCCCCC/C=C\CCCCCCCCCCCCCCCCCCCCOC(=O)CCCCCCCCCCCCC. The number of carbonyl (C=O) groups is 2. The van der Waals surface area contributed by atoms with Crippen molar-refractivity contribution < 1.29 is 24.5 Å². The van der Waals surface area contributed by atoms with Gasteiger partial charge in [-0.05, 0) is 57.8 Å². The van der Waals surface area contributed by atoms with E-state index in [-0.39, 0.29) is 18.5 Å². The number of nitrogens with one attached hydrogen (secondary N) is 1. The number of aliphatic hydroxyl groups excluding tert-OH is 2. The number of amides is 1. The zero-order chi connectivity index (χ0) is 57.8. The minimum Gasteiger partial charge on any atom is -0.466 e. The monoisotopic (exact) mass is 1130 g/mol. The lowest BCUT2D eigenvalue weighted by Gasteiger charge is -2.20. The van der Waals surface area contributed by atoms with Gasteiger partial charge < -0.3 is 20.3 Å². The summed E-state index contributed by atoms with van der Waals surface area (Å²) in [7, 11) is 0. The van der Waals surface area contributed by atoms with Crippen molar-refractivity contribution in [3.63, 3.8) is 0 Å². The summed E-state index contributed by atoms with van der Waals surface area (Å²) in [4.78, 5) is 24.5. The van der Waals surface area contributed by atoms with Gasteiger partial charge in [-0.2, -0.15) is 0 Å². The third kappa shape index (κ3) is 65.5. The Bertz CT molecular complexity index is 1250. The predicted molar refractivity (Wildman–Crippen MR) is 352 cm³/mol. The normalized spacial score (nSPS) is 12.6. The average molecular weight is 1130 g/mol. The van der Waals surface area contributed by atoms with Gasteiger partial charge in [0, 0.05) is 12.8 Å². The van der Waals surface area contributed by atoms with E-state index in [9.17, 15) is 19.8 Å².